The highest BCUT2D eigenvalue weighted by Crippen LogP contribution is 2.31. The predicted molar refractivity (Wildman–Crippen MR) is 146 cm³/mol. The van der Waals surface area contributed by atoms with Gasteiger partial charge in [-0.2, -0.15) is 0 Å². The first-order chi connectivity index (χ1) is 17.8. The van der Waals surface area contributed by atoms with Crippen molar-refractivity contribution in [2.24, 2.45) is 0 Å². The van der Waals surface area contributed by atoms with Gasteiger partial charge in [-0.15, -0.1) is 0 Å². The minimum absolute atomic E-state index is 0.0599. The summed E-state index contributed by atoms with van der Waals surface area (Å²) >= 11 is 0. The number of anilines is 1. The Hall–Kier alpha value is -4.32. The summed E-state index contributed by atoms with van der Waals surface area (Å²) in [5.74, 6) is 0.0863. The molecule has 5 aromatic rings. The maximum atomic E-state index is 13.8. The molecule has 1 aromatic heterocycles. The first kappa shape index (κ1) is 24.4. The van der Waals surface area contributed by atoms with Gasteiger partial charge in [0, 0.05) is 41.8 Å². The molecule has 0 fully saturated rings. The van der Waals surface area contributed by atoms with Crippen molar-refractivity contribution in [2.75, 3.05) is 5.32 Å². The third-order valence-corrected chi connectivity index (χ3v) is 6.61. The Morgan fingerprint density at radius 3 is 2.54 bits per heavy atom. The summed E-state index contributed by atoms with van der Waals surface area (Å²) in [5.41, 5.74) is 4.45. The Balaban J connectivity index is 1.36. The van der Waals surface area contributed by atoms with Crippen molar-refractivity contribution in [3.05, 3.63) is 95.8 Å². The van der Waals surface area contributed by atoms with E-state index in [0.717, 1.165) is 27.4 Å². The number of carbonyl (C=O) groups excluding carboxylic acids is 2. The second kappa shape index (κ2) is 9.97. The second-order valence-electron chi connectivity index (χ2n) is 9.56. The number of amides is 1. The summed E-state index contributed by atoms with van der Waals surface area (Å²) in [6, 6.07) is 23.9. The number of hydrogen-bond acceptors (Lipinski definition) is 3. The lowest BCUT2D eigenvalue weighted by Gasteiger charge is -2.15. The van der Waals surface area contributed by atoms with Gasteiger partial charge in [0.1, 0.15) is 11.6 Å². The zero-order valence-corrected chi connectivity index (χ0v) is 21.1. The fraction of sp³-hybridized carbons (Fsp3) is 0.194. The van der Waals surface area contributed by atoms with E-state index in [4.69, 9.17) is 4.98 Å². The summed E-state index contributed by atoms with van der Waals surface area (Å²) in [7, 11) is 0. The number of aryl methyl sites for hydroxylation is 1. The van der Waals surface area contributed by atoms with Crippen LogP contribution in [0.4, 0.5) is 10.1 Å². The third-order valence-electron chi connectivity index (χ3n) is 6.61. The average Bonchev–Trinajstić information content (AvgIpc) is 3.27. The molecule has 0 radical (unpaired) electrons. The van der Waals surface area contributed by atoms with Crippen molar-refractivity contribution in [3.63, 3.8) is 0 Å². The number of ketones is 1. The van der Waals surface area contributed by atoms with Crippen LogP contribution in [0.2, 0.25) is 0 Å². The molecule has 0 aliphatic carbocycles. The van der Waals surface area contributed by atoms with E-state index in [2.05, 4.69) is 23.7 Å². The molecule has 1 amide bonds. The standard InChI is InChI=1S/C31H28FN3O2/c1-19(2)35-28-14-13-23(32)18-27(28)34-31(35)22-12-11-20(3)26(17-22)33-30(37)16-15-29(36)25-10-6-8-21-7-4-5-9-24(21)25/h4-14,17-19H,15-16H2,1-3H3,(H,33,37). The van der Waals surface area contributed by atoms with Crippen LogP contribution in [-0.2, 0) is 4.79 Å². The first-order valence-corrected chi connectivity index (χ1v) is 12.4. The lowest BCUT2D eigenvalue weighted by Crippen LogP contribution is -2.14. The smallest absolute Gasteiger partial charge is 0.224 e. The van der Waals surface area contributed by atoms with Gasteiger partial charge in [0.2, 0.25) is 5.91 Å². The van der Waals surface area contributed by atoms with Crippen LogP contribution in [0.1, 0.15) is 48.7 Å². The van der Waals surface area contributed by atoms with Crippen molar-refractivity contribution in [1.29, 1.82) is 0 Å². The van der Waals surface area contributed by atoms with Crippen molar-refractivity contribution in [1.82, 2.24) is 9.55 Å². The summed E-state index contributed by atoms with van der Waals surface area (Å²) in [6.45, 7) is 6.02. The van der Waals surface area contributed by atoms with Crippen LogP contribution in [0.15, 0.2) is 78.9 Å². The Morgan fingerprint density at radius 2 is 1.73 bits per heavy atom. The number of nitrogens with zero attached hydrogens (tertiary/aromatic N) is 2. The third kappa shape index (κ3) is 4.87. The molecule has 0 saturated carbocycles. The summed E-state index contributed by atoms with van der Waals surface area (Å²) in [5, 5.41) is 4.86. The lowest BCUT2D eigenvalue weighted by molar-refractivity contribution is -0.116. The molecular formula is C31H28FN3O2. The number of benzene rings is 4. The van der Waals surface area contributed by atoms with Crippen LogP contribution in [0.3, 0.4) is 0 Å². The van der Waals surface area contributed by atoms with E-state index in [9.17, 15) is 14.0 Å². The number of aromatic nitrogens is 2. The Bertz CT molecular complexity index is 1650. The molecule has 0 atom stereocenters. The van der Waals surface area contributed by atoms with Gasteiger partial charge in [-0.3, -0.25) is 9.59 Å². The number of carbonyl (C=O) groups is 2. The number of fused-ring (bicyclic) bond motifs is 2. The largest absolute Gasteiger partial charge is 0.326 e. The predicted octanol–water partition coefficient (Wildman–Crippen LogP) is 7.49. The summed E-state index contributed by atoms with van der Waals surface area (Å²) in [6.07, 6.45) is 0.197. The van der Waals surface area contributed by atoms with Gasteiger partial charge in [-0.05, 0) is 55.3 Å². The molecule has 0 unspecified atom stereocenters. The molecule has 0 bridgehead atoms. The highest BCUT2D eigenvalue weighted by atomic mass is 19.1. The molecular weight excluding hydrogens is 465 g/mol. The van der Waals surface area contributed by atoms with Gasteiger partial charge in [0.05, 0.1) is 11.0 Å². The number of hydrogen-bond donors (Lipinski definition) is 1. The zero-order chi connectivity index (χ0) is 26.1. The minimum Gasteiger partial charge on any atom is -0.326 e. The molecule has 1 heterocycles. The van der Waals surface area contributed by atoms with Gasteiger partial charge in [-0.25, -0.2) is 9.37 Å². The normalized spacial score (nSPS) is 11.4. The molecule has 0 spiro atoms. The number of Topliss-reactive ketones (excluding diaryl/α,β-unsaturated/α-hetero) is 1. The van der Waals surface area contributed by atoms with Gasteiger partial charge < -0.3 is 9.88 Å². The van der Waals surface area contributed by atoms with E-state index in [1.54, 1.807) is 6.07 Å². The number of rotatable bonds is 7. The summed E-state index contributed by atoms with van der Waals surface area (Å²) in [4.78, 5) is 30.5. The van der Waals surface area contributed by atoms with Crippen LogP contribution in [-0.4, -0.2) is 21.2 Å². The van der Waals surface area contributed by atoms with Gasteiger partial charge in [0.15, 0.2) is 5.78 Å². The Morgan fingerprint density at radius 1 is 0.946 bits per heavy atom. The van der Waals surface area contributed by atoms with E-state index < -0.39 is 0 Å². The quantitative estimate of drug-likeness (QED) is 0.239. The molecule has 5 nitrogen and oxygen atoms in total. The molecule has 186 valence electrons. The molecule has 5 rings (SSSR count). The van der Waals surface area contributed by atoms with Crippen LogP contribution in [0.25, 0.3) is 33.2 Å². The fourth-order valence-corrected chi connectivity index (χ4v) is 4.74. The zero-order valence-electron chi connectivity index (χ0n) is 21.1. The molecule has 1 N–H and O–H groups in total. The Labute approximate surface area is 215 Å². The van der Waals surface area contributed by atoms with E-state index in [-0.39, 0.29) is 36.4 Å². The van der Waals surface area contributed by atoms with E-state index in [1.807, 2.05) is 67.6 Å². The van der Waals surface area contributed by atoms with Crippen LogP contribution < -0.4 is 5.32 Å². The SMILES string of the molecule is Cc1ccc(-c2nc3cc(F)ccc3n2C(C)C)cc1NC(=O)CCC(=O)c1cccc2ccccc12. The van der Waals surface area contributed by atoms with Crippen molar-refractivity contribution < 1.29 is 14.0 Å². The lowest BCUT2D eigenvalue weighted by atomic mass is 9.99. The monoisotopic (exact) mass is 493 g/mol. The van der Waals surface area contributed by atoms with E-state index in [1.165, 1.54) is 12.1 Å². The van der Waals surface area contributed by atoms with Crippen molar-refractivity contribution in [2.45, 2.75) is 39.7 Å². The van der Waals surface area contributed by atoms with Crippen molar-refractivity contribution >= 4 is 39.2 Å². The van der Waals surface area contributed by atoms with Gasteiger partial charge in [-0.1, -0.05) is 54.6 Å². The second-order valence-corrected chi connectivity index (χ2v) is 9.56. The molecule has 0 aliphatic heterocycles. The van der Waals surface area contributed by atoms with Gasteiger partial charge in [0.25, 0.3) is 0 Å². The van der Waals surface area contributed by atoms with E-state index >= 15 is 0 Å². The minimum atomic E-state index is -0.331. The maximum absolute atomic E-state index is 13.8. The topological polar surface area (TPSA) is 64.0 Å². The number of nitrogens with one attached hydrogen (secondary N) is 1. The van der Waals surface area contributed by atoms with Crippen LogP contribution >= 0.6 is 0 Å². The van der Waals surface area contributed by atoms with E-state index in [0.29, 0.717) is 22.6 Å². The molecule has 4 aromatic carbocycles. The van der Waals surface area contributed by atoms with Crippen LogP contribution in [0.5, 0.6) is 0 Å². The average molecular weight is 494 g/mol. The van der Waals surface area contributed by atoms with Crippen LogP contribution in [0, 0.1) is 12.7 Å². The molecule has 0 aliphatic rings. The number of imidazole rings is 1. The highest BCUT2D eigenvalue weighted by molar-refractivity contribution is 6.09. The number of halogens is 1. The molecule has 6 heteroatoms. The summed E-state index contributed by atoms with van der Waals surface area (Å²) < 4.78 is 15.9. The Kier molecular flexibility index (Phi) is 6.57. The van der Waals surface area contributed by atoms with Gasteiger partial charge >= 0.3 is 0 Å². The molecule has 0 saturated heterocycles. The fourth-order valence-electron chi connectivity index (χ4n) is 4.74. The molecule has 37 heavy (non-hydrogen) atoms. The first-order valence-electron chi connectivity index (χ1n) is 12.4. The highest BCUT2D eigenvalue weighted by Gasteiger charge is 2.18. The van der Waals surface area contributed by atoms with Crippen molar-refractivity contribution in [3.8, 4) is 11.4 Å². The maximum Gasteiger partial charge on any atom is 0.224 e.